The van der Waals surface area contributed by atoms with E-state index >= 15 is 0 Å². The molecule has 2 aromatic rings. The molecule has 1 unspecified atom stereocenters. The van der Waals surface area contributed by atoms with Gasteiger partial charge in [-0.2, -0.15) is 4.98 Å². The second-order valence-corrected chi connectivity index (χ2v) is 5.45. The van der Waals surface area contributed by atoms with Gasteiger partial charge in [0, 0.05) is 17.4 Å². The molecule has 1 aliphatic rings. The Bertz CT molecular complexity index is 598. The van der Waals surface area contributed by atoms with Crippen LogP contribution in [0.15, 0.2) is 27.1 Å². The van der Waals surface area contributed by atoms with Crippen molar-refractivity contribution in [2.75, 3.05) is 11.4 Å². The highest BCUT2D eigenvalue weighted by Gasteiger charge is 2.32. The van der Waals surface area contributed by atoms with Crippen molar-refractivity contribution in [3.8, 4) is 0 Å². The summed E-state index contributed by atoms with van der Waals surface area (Å²) in [7, 11) is 0. The summed E-state index contributed by atoms with van der Waals surface area (Å²) >= 11 is 9.30. The van der Waals surface area contributed by atoms with Crippen LogP contribution in [0.3, 0.4) is 0 Å². The lowest BCUT2D eigenvalue weighted by molar-refractivity contribution is -0.117. The van der Waals surface area contributed by atoms with Crippen LogP contribution in [-0.4, -0.2) is 22.8 Å². The third kappa shape index (κ3) is 1.93. The molecule has 1 atom stereocenters. The first-order valence-electron chi connectivity index (χ1n) is 5.14. The highest BCUT2D eigenvalue weighted by atomic mass is 79.9. The molecule has 0 saturated carbocycles. The van der Waals surface area contributed by atoms with E-state index in [0.29, 0.717) is 24.6 Å². The largest absolute Gasteiger partial charge is 0.423 e. The zero-order valence-corrected chi connectivity index (χ0v) is 11.0. The minimum Gasteiger partial charge on any atom is -0.423 e. The van der Waals surface area contributed by atoms with Gasteiger partial charge in [0.1, 0.15) is 5.52 Å². The van der Waals surface area contributed by atoms with Crippen LogP contribution in [0.1, 0.15) is 6.42 Å². The third-order valence-corrected chi connectivity index (χ3v) is 3.43. The first kappa shape index (κ1) is 11.0. The molecular formula is C11H8BrClN2O2. The Balaban J connectivity index is 2.03. The summed E-state index contributed by atoms with van der Waals surface area (Å²) in [4.78, 5) is 17.4. The zero-order valence-electron chi connectivity index (χ0n) is 8.69. The van der Waals surface area contributed by atoms with Crippen LogP contribution >= 0.6 is 27.5 Å². The molecule has 1 aliphatic heterocycles. The van der Waals surface area contributed by atoms with Gasteiger partial charge in [0.05, 0.1) is 5.38 Å². The van der Waals surface area contributed by atoms with Crippen LogP contribution < -0.4 is 4.90 Å². The number of rotatable bonds is 1. The zero-order chi connectivity index (χ0) is 12.0. The molecule has 4 nitrogen and oxygen atoms in total. The monoisotopic (exact) mass is 314 g/mol. The summed E-state index contributed by atoms with van der Waals surface area (Å²) in [6.45, 7) is 0.453. The Morgan fingerprint density at radius 2 is 2.35 bits per heavy atom. The van der Waals surface area contributed by atoms with Crippen molar-refractivity contribution in [1.29, 1.82) is 0 Å². The van der Waals surface area contributed by atoms with E-state index in [4.69, 9.17) is 16.0 Å². The normalized spacial score (nSPS) is 20.5. The van der Waals surface area contributed by atoms with Gasteiger partial charge in [-0.3, -0.25) is 9.69 Å². The Labute approximate surface area is 111 Å². The summed E-state index contributed by atoms with van der Waals surface area (Å²) in [6, 6.07) is 5.86. The fourth-order valence-corrected chi connectivity index (χ4v) is 2.47. The van der Waals surface area contributed by atoms with Crippen molar-refractivity contribution in [2.45, 2.75) is 11.8 Å². The van der Waals surface area contributed by atoms with Crippen LogP contribution in [0.4, 0.5) is 6.01 Å². The third-order valence-electron chi connectivity index (χ3n) is 2.65. The number of halogens is 2. The maximum atomic E-state index is 11.7. The van der Waals surface area contributed by atoms with Gasteiger partial charge in [0.25, 0.3) is 0 Å². The number of amides is 1. The highest BCUT2D eigenvalue weighted by Crippen LogP contribution is 2.28. The minimum atomic E-state index is -0.163. The molecule has 0 N–H and O–H groups in total. The van der Waals surface area contributed by atoms with Crippen molar-refractivity contribution < 1.29 is 9.21 Å². The van der Waals surface area contributed by atoms with Crippen LogP contribution in [0.5, 0.6) is 0 Å². The van der Waals surface area contributed by atoms with E-state index in [1.54, 1.807) is 0 Å². The van der Waals surface area contributed by atoms with Crippen molar-refractivity contribution >= 4 is 50.6 Å². The van der Waals surface area contributed by atoms with Crippen molar-refractivity contribution in [2.24, 2.45) is 0 Å². The molecule has 1 amide bonds. The van der Waals surface area contributed by atoms with Crippen LogP contribution in [0.25, 0.3) is 11.1 Å². The van der Waals surface area contributed by atoms with E-state index in [1.807, 2.05) is 18.2 Å². The van der Waals surface area contributed by atoms with Crippen LogP contribution in [0.2, 0.25) is 0 Å². The topological polar surface area (TPSA) is 46.3 Å². The molecule has 0 radical (unpaired) electrons. The number of benzene rings is 1. The van der Waals surface area contributed by atoms with Gasteiger partial charge in [-0.05, 0) is 18.2 Å². The smallest absolute Gasteiger partial charge is 0.305 e. The summed E-state index contributed by atoms with van der Waals surface area (Å²) in [5, 5.41) is -0.163. The molecule has 0 aliphatic carbocycles. The summed E-state index contributed by atoms with van der Waals surface area (Å²) < 4.78 is 6.46. The maximum absolute atomic E-state index is 11.7. The predicted octanol–water partition coefficient (Wildman–Crippen LogP) is 2.93. The Kier molecular flexibility index (Phi) is 2.60. The first-order valence-corrected chi connectivity index (χ1v) is 6.37. The molecule has 1 aromatic heterocycles. The molecule has 17 heavy (non-hydrogen) atoms. The average molecular weight is 316 g/mol. The fraction of sp³-hybridized carbons (Fsp3) is 0.273. The molecule has 3 rings (SSSR count). The molecule has 2 heterocycles. The number of hydrogen-bond acceptors (Lipinski definition) is 3. The number of hydrogen-bond donors (Lipinski definition) is 0. The SMILES string of the molecule is O=C1CC(Cl)CN1c1nc2cc(Br)ccc2o1. The van der Waals surface area contributed by atoms with Gasteiger partial charge in [-0.25, -0.2) is 0 Å². The second kappa shape index (κ2) is 3.99. The number of oxazole rings is 1. The van der Waals surface area contributed by atoms with Gasteiger partial charge in [-0.15, -0.1) is 11.6 Å². The molecule has 6 heteroatoms. The lowest BCUT2D eigenvalue weighted by Crippen LogP contribution is -2.24. The first-order chi connectivity index (χ1) is 8.13. The lowest BCUT2D eigenvalue weighted by Gasteiger charge is -2.08. The lowest BCUT2D eigenvalue weighted by atomic mass is 10.3. The number of nitrogens with zero attached hydrogens (tertiary/aromatic N) is 2. The maximum Gasteiger partial charge on any atom is 0.305 e. The van der Waals surface area contributed by atoms with E-state index in [9.17, 15) is 4.79 Å². The Hall–Kier alpha value is -1.07. The minimum absolute atomic E-state index is 0.0457. The van der Waals surface area contributed by atoms with Crippen LogP contribution in [-0.2, 0) is 4.79 Å². The molecule has 1 saturated heterocycles. The summed E-state index contributed by atoms with van der Waals surface area (Å²) in [6.07, 6.45) is 0.337. The van der Waals surface area contributed by atoms with Gasteiger partial charge in [-0.1, -0.05) is 15.9 Å². The average Bonchev–Trinajstić information content (AvgIpc) is 2.80. The Morgan fingerprint density at radius 3 is 3.06 bits per heavy atom. The van der Waals surface area contributed by atoms with E-state index in [2.05, 4.69) is 20.9 Å². The second-order valence-electron chi connectivity index (χ2n) is 3.91. The van der Waals surface area contributed by atoms with E-state index in [-0.39, 0.29) is 11.3 Å². The van der Waals surface area contributed by atoms with Gasteiger partial charge < -0.3 is 4.42 Å². The molecule has 1 aromatic carbocycles. The van der Waals surface area contributed by atoms with Crippen LogP contribution in [0, 0.1) is 0 Å². The van der Waals surface area contributed by atoms with Gasteiger partial charge in [0.2, 0.25) is 5.91 Å². The molecule has 1 fully saturated rings. The number of alkyl halides is 1. The van der Waals surface area contributed by atoms with Crippen molar-refractivity contribution in [1.82, 2.24) is 4.98 Å². The van der Waals surface area contributed by atoms with Gasteiger partial charge >= 0.3 is 6.01 Å². The summed E-state index contributed by atoms with van der Waals surface area (Å²) in [5.41, 5.74) is 1.38. The Morgan fingerprint density at radius 1 is 1.53 bits per heavy atom. The number of carbonyl (C=O) groups is 1. The predicted molar refractivity (Wildman–Crippen MR) is 68.3 cm³/mol. The van der Waals surface area contributed by atoms with Gasteiger partial charge in [0.15, 0.2) is 5.58 Å². The molecular weight excluding hydrogens is 307 g/mol. The number of fused-ring (bicyclic) bond motifs is 1. The number of carbonyl (C=O) groups excluding carboxylic acids is 1. The summed E-state index contributed by atoms with van der Waals surface area (Å²) in [5.74, 6) is -0.0457. The van der Waals surface area contributed by atoms with E-state index in [0.717, 1.165) is 9.99 Å². The van der Waals surface area contributed by atoms with E-state index in [1.165, 1.54) is 4.90 Å². The van der Waals surface area contributed by atoms with Crippen molar-refractivity contribution in [3.05, 3.63) is 22.7 Å². The number of aromatic nitrogens is 1. The van der Waals surface area contributed by atoms with Crippen molar-refractivity contribution in [3.63, 3.8) is 0 Å². The fourth-order valence-electron chi connectivity index (χ4n) is 1.85. The molecule has 88 valence electrons. The standard InChI is InChI=1S/C11H8BrClN2O2/c12-6-1-2-9-8(3-6)14-11(17-9)15-5-7(13)4-10(15)16/h1-3,7H,4-5H2. The molecule has 0 bridgehead atoms. The highest BCUT2D eigenvalue weighted by molar-refractivity contribution is 9.10. The quantitative estimate of drug-likeness (QED) is 0.760. The van der Waals surface area contributed by atoms with E-state index < -0.39 is 0 Å². The molecule has 0 spiro atoms. The number of anilines is 1.